The number of hydrogen-bond donors (Lipinski definition) is 3. The van der Waals surface area contributed by atoms with Crippen LogP contribution in [0.2, 0.25) is 0 Å². The number of imidazole rings is 1. The third kappa shape index (κ3) is 9.76. The van der Waals surface area contributed by atoms with E-state index in [-0.39, 0.29) is 47.4 Å². The van der Waals surface area contributed by atoms with E-state index in [0.717, 1.165) is 88.6 Å². The van der Waals surface area contributed by atoms with Crippen molar-refractivity contribution in [1.82, 2.24) is 39.1 Å². The molecule has 0 radical (unpaired) electrons. The minimum atomic E-state index is -2.86. The fourth-order valence-corrected chi connectivity index (χ4v) is 9.31. The van der Waals surface area contributed by atoms with Gasteiger partial charge in [-0.2, -0.15) is 5.10 Å². The Balaban J connectivity index is 0.702. The Morgan fingerprint density at radius 1 is 0.984 bits per heavy atom. The van der Waals surface area contributed by atoms with E-state index in [2.05, 4.69) is 35.9 Å². The summed E-state index contributed by atoms with van der Waals surface area (Å²) in [6, 6.07) is 8.68. The second kappa shape index (κ2) is 18.5. The molecule has 0 bridgehead atoms. The molecule has 2 aliphatic heterocycles. The van der Waals surface area contributed by atoms with E-state index >= 15 is 0 Å². The molecule has 6 heterocycles. The number of alkyl halides is 2. The first kappa shape index (κ1) is 42.5. The zero-order valence-electron chi connectivity index (χ0n) is 35.4. The Labute approximate surface area is 362 Å². The highest BCUT2D eigenvalue weighted by molar-refractivity contribution is 6.03. The van der Waals surface area contributed by atoms with Gasteiger partial charge in [-0.25, -0.2) is 23.5 Å². The lowest BCUT2D eigenvalue weighted by Crippen LogP contribution is -2.44. The van der Waals surface area contributed by atoms with Crippen molar-refractivity contribution in [2.24, 2.45) is 18.9 Å². The number of oxazole rings is 1. The van der Waals surface area contributed by atoms with Crippen molar-refractivity contribution in [3.05, 3.63) is 76.4 Å². The van der Waals surface area contributed by atoms with E-state index in [1.54, 1.807) is 34.6 Å². The molecule has 0 spiro atoms. The topological polar surface area (TPSA) is 183 Å². The van der Waals surface area contributed by atoms with Crippen molar-refractivity contribution < 1.29 is 32.3 Å². The minimum Gasteiger partial charge on any atom is -0.444 e. The van der Waals surface area contributed by atoms with Crippen LogP contribution in [0.25, 0.3) is 22.5 Å². The summed E-state index contributed by atoms with van der Waals surface area (Å²) in [7, 11) is 1.70. The smallest absolute Gasteiger partial charge is 0.329 e. The molecule has 4 fully saturated rings. The van der Waals surface area contributed by atoms with Gasteiger partial charge in [-0.3, -0.25) is 33.5 Å². The van der Waals surface area contributed by atoms with Crippen molar-refractivity contribution in [2.75, 3.05) is 43.4 Å². The van der Waals surface area contributed by atoms with Crippen LogP contribution in [0.5, 0.6) is 0 Å². The summed E-state index contributed by atoms with van der Waals surface area (Å²) in [5.41, 5.74) is 2.38. The number of anilines is 2. The van der Waals surface area contributed by atoms with E-state index in [1.807, 2.05) is 18.2 Å². The highest BCUT2D eigenvalue weighted by Crippen LogP contribution is 2.36. The summed E-state index contributed by atoms with van der Waals surface area (Å²) < 4.78 is 44.9. The van der Waals surface area contributed by atoms with Gasteiger partial charge in [-0.05, 0) is 112 Å². The highest BCUT2D eigenvalue weighted by Gasteiger charge is 2.32. The average Bonchev–Trinajstić information content (AvgIpc) is 3.70. The van der Waals surface area contributed by atoms with Crippen LogP contribution in [0.1, 0.15) is 111 Å². The molecule has 3 amide bonds. The van der Waals surface area contributed by atoms with Gasteiger partial charge < -0.3 is 24.7 Å². The van der Waals surface area contributed by atoms with Crippen LogP contribution in [0, 0.1) is 11.8 Å². The predicted molar refractivity (Wildman–Crippen MR) is 229 cm³/mol. The number of rotatable bonds is 16. The number of likely N-dealkylation sites (tertiary alicyclic amines) is 1. The zero-order valence-corrected chi connectivity index (χ0v) is 35.4. The number of carbonyl (C=O) groups is 3. The minimum absolute atomic E-state index is 0.0261. The first-order chi connectivity index (χ1) is 30.6. The van der Waals surface area contributed by atoms with Crippen molar-refractivity contribution >= 4 is 40.3 Å². The molecule has 18 heteroatoms. The van der Waals surface area contributed by atoms with E-state index < -0.39 is 30.0 Å². The van der Waals surface area contributed by atoms with Gasteiger partial charge in [0.15, 0.2) is 11.4 Å². The van der Waals surface area contributed by atoms with Gasteiger partial charge in [0.25, 0.3) is 12.3 Å². The van der Waals surface area contributed by atoms with E-state index in [0.29, 0.717) is 41.8 Å². The average molecular weight is 869 g/mol. The molecular weight excluding hydrogens is 815 g/mol. The van der Waals surface area contributed by atoms with Crippen LogP contribution in [0.4, 0.5) is 20.3 Å². The quantitative estimate of drug-likeness (QED) is 0.0735. The number of carbonyl (C=O) groups excluding carboxylic acids is 3. The van der Waals surface area contributed by atoms with Crippen molar-refractivity contribution in [3.63, 3.8) is 0 Å². The van der Waals surface area contributed by atoms with Gasteiger partial charge in [-0.1, -0.05) is 6.07 Å². The number of nitrogens with zero attached hydrogens (tertiary/aromatic N) is 7. The number of nitrogens with one attached hydrogen (secondary N) is 3. The third-order valence-electron chi connectivity index (χ3n) is 13.1. The molecule has 63 heavy (non-hydrogen) atoms. The first-order valence-corrected chi connectivity index (χ1v) is 22.3. The number of ether oxygens (including phenoxy) is 1. The van der Waals surface area contributed by atoms with Crippen LogP contribution >= 0.6 is 0 Å². The maximum absolute atomic E-state index is 14.2. The number of benzene rings is 1. The molecule has 2 aliphatic carbocycles. The summed E-state index contributed by atoms with van der Waals surface area (Å²) in [4.78, 5) is 61.6. The van der Waals surface area contributed by atoms with Gasteiger partial charge in [0, 0.05) is 64.2 Å². The van der Waals surface area contributed by atoms with Crippen LogP contribution < -0.4 is 21.6 Å². The molecule has 3 N–H and O–H groups in total. The van der Waals surface area contributed by atoms with Crippen LogP contribution in [-0.2, 0) is 27.8 Å². The number of aryl methyl sites for hydroxylation is 2. The van der Waals surface area contributed by atoms with Crippen molar-refractivity contribution in [2.45, 2.75) is 102 Å². The lowest BCUT2D eigenvalue weighted by molar-refractivity contribution is -0.135. The zero-order chi connectivity index (χ0) is 43.6. The largest absolute Gasteiger partial charge is 0.444 e. The highest BCUT2D eigenvalue weighted by atomic mass is 19.3. The first-order valence-electron chi connectivity index (χ1n) is 22.3. The second-order valence-corrected chi connectivity index (χ2v) is 17.6. The molecule has 16 nitrogen and oxygen atoms in total. The molecule has 1 unspecified atom stereocenters. The SMILES string of the molecule is Cn1c(=O)n(C2CCC(=O)NC2=O)c2ccc(CCCOC3CCN(CC4CCC(n5cc(NC(=O)c6coc(-c7ccnc(NCC8CC8)c7)n6)c(C(F)F)n5)CC4)CC3)cc21. The maximum atomic E-state index is 14.2. The summed E-state index contributed by atoms with van der Waals surface area (Å²) in [6.07, 6.45) is 11.8. The molecule has 2 saturated carbocycles. The molecule has 1 aromatic carbocycles. The normalized spacial score (nSPS) is 21.3. The maximum Gasteiger partial charge on any atom is 0.329 e. The van der Waals surface area contributed by atoms with Gasteiger partial charge in [-0.15, -0.1) is 0 Å². The molecule has 1 atom stereocenters. The fraction of sp³-hybridized carbons (Fsp3) is 0.533. The Hall–Kier alpha value is -5.75. The number of fused-ring (bicyclic) bond motifs is 1. The third-order valence-corrected chi connectivity index (χ3v) is 13.1. The lowest BCUT2D eigenvalue weighted by atomic mass is 9.85. The molecule has 5 aromatic rings. The summed E-state index contributed by atoms with van der Waals surface area (Å²) in [5, 5.41) is 12.5. The molecule has 9 rings (SSSR count). The van der Waals surface area contributed by atoms with Crippen LogP contribution in [0.15, 0.2) is 58.2 Å². The summed E-state index contributed by atoms with van der Waals surface area (Å²) >= 11 is 0. The fourth-order valence-electron chi connectivity index (χ4n) is 9.31. The standard InChI is InChI=1S/C45H54F2N10O6/c1-54-37-21-27(8-11-35(37)57(45(54)61)36-12-13-39(58)52-43(36)60)3-2-20-62-32-15-18-55(19-16-32)24-29-6-9-31(10-7-29)56-25-33(40(53-56)41(46)47)50-42(59)34-26-63-44(51-34)30-14-17-48-38(22-30)49-23-28-4-5-28/h8,11,14,17,21-22,25-26,28-29,31-32,36,41H,2-7,9-10,12-13,15-16,18-20,23-24H2,1H3,(H,48,49)(H,50,59)(H,52,58,60). The number of aromatic nitrogens is 6. The molecular formula is C45H54F2N10O6. The number of imide groups is 1. The monoisotopic (exact) mass is 868 g/mol. The second-order valence-electron chi connectivity index (χ2n) is 17.6. The Morgan fingerprint density at radius 2 is 1.78 bits per heavy atom. The van der Waals surface area contributed by atoms with Gasteiger partial charge in [0.1, 0.15) is 18.1 Å². The van der Waals surface area contributed by atoms with E-state index in [4.69, 9.17) is 9.15 Å². The number of halogens is 2. The molecule has 4 aromatic heterocycles. The number of pyridine rings is 1. The van der Waals surface area contributed by atoms with Crippen molar-refractivity contribution in [3.8, 4) is 11.5 Å². The predicted octanol–water partition coefficient (Wildman–Crippen LogP) is 6.42. The number of amides is 3. The Morgan fingerprint density at radius 3 is 2.54 bits per heavy atom. The van der Waals surface area contributed by atoms with E-state index in [1.165, 1.54) is 29.9 Å². The Bertz CT molecular complexity index is 2510. The van der Waals surface area contributed by atoms with Crippen molar-refractivity contribution in [1.29, 1.82) is 0 Å². The van der Waals surface area contributed by atoms with Gasteiger partial charge in [0.2, 0.25) is 17.7 Å². The molecule has 334 valence electrons. The Kier molecular flexibility index (Phi) is 12.5. The van der Waals surface area contributed by atoms with Crippen LogP contribution in [0.3, 0.4) is 0 Å². The van der Waals surface area contributed by atoms with E-state index in [9.17, 15) is 28.0 Å². The lowest BCUT2D eigenvalue weighted by Gasteiger charge is -2.36. The van der Waals surface area contributed by atoms with Gasteiger partial charge in [0.05, 0.1) is 28.9 Å². The summed E-state index contributed by atoms with van der Waals surface area (Å²) in [5.74, 6) is 0.690. The molecule has 2 saturated heterocycles. The number of hydrogen-bond acceptors (Lipinski definition) is 11. The summed E-state index contributed by atoms with van der Waals surface area (Å²) in [6.45, 7) is 4.42. The molecule has 4 aliphatic rings. The van der Waals surface area contributed by atoms with Gasteiger partial charge >= 0.3 is 5.69 Å². The number of piperidine rings is 2. The van der Waals surface area contributed by atoms with Crippen LogP contribution in [-0.4, -0.2) is 90.4 Å².